The highest BCUT2D eigenvalue weighted by Gasteiger charge is 2.16. The maximum absolute atomic E-state index is 6.27. The largest absolute Gasteiger partial charge is 0.436 e. The van der Waals surface area contributed by atoms with Gasteiger partial charge in [0.05, 0.1) is 0 Å². The molecular formula is C52H62N4O2. The van der Waals surface area contributed by atoms with E-state index < -0.39 is 0 Å². The lowest BCUT2D eigenvalue weighted by atomic mass is 10.0. The van der Waals surface area contributed by atoms with Crippen LogP contribution in [0.3, 0.4) is 0 Å². The second-order valence-corrected chi connectivity index (χ2v) is 17.8. The van der Waals surface area contributed by atoms with E-state index in [0.29, 0.717) is 46.6 Å². The molecule has 0 N–H and O–H groups in total. The van der Waals surface area contributed by atoms with Crippen molar-refractivity contribution >= 4 is 33.6 Å². The average molecular weight is 775 g/mol. The van der Waals surface area contributed by atoms with Crippen LogP contribution in [0.1, 0.15) is 81.1 Å². The maximum atomic E-state index is 6.27. The molecular weight excluding hydrogens is 713 g/mol. The van der Waals surface area contributed by atoms with Crippen LogP contribution in [-0.4, -0.2) is 36.1 Å². The molecule has 0 aliphatic rings. The predicted octanol–water partition coefficient (Wildman–Crippen LogP) is 14.4. The molecule has 7 aromatic rings. The van der Waals surface area contributed by atoms with Gasteiger partial charge in [-0.05, 0) is 126 Å². The van der Waals surface area contributed by atoms with Crippen molar-refractivity contribution in [1.82, 2.24) is 9.97 Å². The van der Waals surface area contributed by atoms with Crippen LogP contribution in [0, 0.1) is 23.7 Å². The molecule has 0 aliphatic heterocycles. The molecule has 7 rings (SSSR count). The van der Waals surface area contributed by atoms with Gasteiger partial charge >= 0.3 is 0 Å². The van der Waals surface area contributed by atoms with Crippen LogP contribution in [0.25, 0.3) is 67.4 Å². The van der Waals surface area contributed by atoms with E-state index in [9.17, 15) is 0 Å². The summed E-state index contributed by atoms with van der Waals surface area (Å²) in [6.07, 6.45) is 4.79. The number of benzene rings is 5. The third-order valence-corrected chi connectivity index (χ3v) is 11.2. The second kappa shape index (κ2) is 18.5. The number of oxazole rings is 2. The first-order chi connectivity index (χ1) is 28.0. The van der Waals surface area contributed by atoms with E-state index in [0.717, 1.165) is 48.3 Å². The number of fused-ring (bicyclic) bond motifs is 2. The monoisotopic (exact) mass is 774 g/mol. The first-order valence-electron chi connectivity index (χ1n) is 21.6. The summed E-state index contributed by atoms with van der Waals surface area (Å²) >= 11 is 0. The van der Waals surface area contributed by atoms with Crippen LogP contribution in [0.2, 0.25) is 0 Å². The summed E-state index contributed by atoms with van der Waals surface area (Å²) in [4.78, 5) is 14.8. The van der Waals surface area contributed by atoms with E-state index in [1.54, 1.807) is 0 Å². The normalized spacial score (nSPS) is 11.9. The summed E-state index contributed by atoms with van der Waals surface area (Å²) in [7, 11) is 0. The molecule has 0 atom stereocenters. The van der Waals surface area contributed by atoms with Gasteiger partial charge in [-0.3, -0.25) is 0 Å². The Labute approximate surface area is 346 Å². The zero-order chi connectivity index (χ0) is 40.8. The first kappa shape index (κ1) is 40.8. The Hall–Kier alpha value is -5.36. The van der Waals surface area contributed by atoms with Gasteiger partial charge in [0, 0.05) is 54.7 Å². The molecule has 2 aromatic heterocycles. The fourth-order valence-corrected chi connectivity index (χ4v) is 7.33. The highest BCUT2D eigenvalue weighted by Crippen LogP contribution is 2.33. The summed E-state index contributed by atoms with van der Waals surface area (Å²) in [6.45, 7) is 22.8. The molecule has 0 saturated carbocycles. The van der Waals surface area contributed by atoms with Gasteiger partial charge in [0.15, 0.2) is 11.2 Å². The van der Waals surface area contributed by atoms with Crippen LogP contribution in [-0.2, 0) is 0 Å². The summed E-state index contributed by atoms with van der Waals surface area (Å²) in [5, 5.41) is 0. The van der Waals surface area contributed by atoms with Crippen molar-refractivity contribution in [3.05, 3.63) is 109 Å². The van der Waals surface area contributed by atoms with Crippen LogP contribution < -0.4 is 9.80 Å². The predicted molar refractivity (Wildman–Crippen MR) is 246 cm³/mol. The highest BCUT2D eigenvalue weighted by molar-refractivity contribution is 5.91. The highest BCUT2D eigenvalue weighted by atomic mass is 16.4. The fourth-order valence-electron chi connectivity index (χ4n) is 7.33. The molecule has 0 amide bonds. The third-order valence-electron chi connectivity index (χ3n) is 11.2. The number of hydrogen-bond donors (Lipinski definition) is 0. The molecule has 2 heterocycles. The standard InChI is InChI=1S/C52H62N4O2/c1-35(2)25-29-55(30-26-36(3)4)45-21-17-41(18-22-45)39-9-13-43(14-10-39)51-53-47-33-48-50(34-49(47)57-51)58-52(54-48)44-15-11-40(12-16-44)42-19-23-46(24-20-42)56(31-27-37(5)6)32-28-38(7)8/h9-24,33-38H,25-32H2,1-8H3. The van der Waals surface area contributed by atoms with Crippen molar-refractivity contribution in [3.63, 3.8) is 0 Å². The summed E-state index contributed by atoms with van der Waals surface area (Å²) < 4.78 is 12.5. The van der Waals surface area contributed by atoms with Gasteiger partial charge in [0.25, 0.3) is 0 Å². The van der Waals surface area contributed by atoms with Crippen molar-refractivity contribution in [2.75, 3.05) is 36.0 Å². The Bertz CT molecular complexity index is 2110. The van der Waals surface area contributed by atoms with Gasteiger partial charge in [-0.1, -0.05) is 104 Å². The zero-order valence-corrected chi connectivity index (χ0v) is 36.0. The topological polar surface area (TPSA) is 58.5 Å². The van der Waals surface area contributed by atoms with Gasteiger partial charge in [-0.15, -0.1) is 0 Å². The van der Waals surface area contributed by atoms with E-state index in [2.05, 4.69) is 162 Å². The fraction of sp³-hybridized carbons (Fsp3) is 0.385. The number of hydrogen-bond acceptors (Lipinski definition) is 6. The van der Waals surface area contributed by atoms with Crippen molar-refractivity contribution < 1.29 is 8.83 Å². The molecule has 0 fully saturated rings. The van der Waals surface area contributed by atoms with Crippen LogP contribution in [0.5, 0.6) is 0 Å². The molecule has 0 bridgehead atoms. The minimum atomic E-state index is 0.582. The Morgan fingerprint density at radius 1 is 0.379 bits per heavy atom. The Morgan fingerprint density at radius 3 is 0.948 bits per heavy atom. The van der Waals surface area contributed by atoms with Crippen molar-refractivity contribution in [2.24, 2.45) is 23.7 Å². The molecule has 0 unspecified atom stereocenters. The van der Waals surface area contributed by atoms with Crippen LogP contribution in [0.15, 0.2) is 118 Å². The minimum Gasteiger partial charge on any atom is -0.436 e. The number of nitrogens with zero attached hydrogens (tertiary/aromatic N) is 4. The van der Waals surface area contributed by atoms with Gasteiger partial charge in [-0.25, -0.2) is 9.97 Å². The summed E-state index contributed by atoms with van der Waals surface area (Å²) in [6, 6.07) is 38.8. The average Bonchev–Trinajstić information content (AvgIpc) is 3.83. The van der Waals surface area contributed by atoms with Gasteiger partial charge in [0.2, 0.25) is 11.8 Å². The van der Waals surface area contributed by atoms with Crippen molar-refractivity contribution in [2.45, 2.75) is 81.1 Å². The smallest absolute Gasteiger partial charge is 0.227 e. The van der Waals surface area contributed by atoms with Crippen molar-refractivity contribution in [3.8, 4) is 45.2 Å². The molecule has 6 heteroatoms. The Morgan fingerprint density at radius 2 is 0.655 bits per heavy atom. The molecule has 0 radical (unpaired) electrons. The second-order valence-electron chi connectivity index (χ2n) is 17.8. The molecule has 0 saturated heterocycles. The zero-order valence-electron chi connectivity index (χ0n) is 36.0. The van der Waals surface area contributed by atoms with Crippen molar-refractivity contribution in [1.29, 1.82) is 0 Å². The summed E-state index contributed by atoms with van der Waals surface area (Å²) in [5.74, 6) is 3.93. The lowest BCUT2D eigenvalue weighted by Gasteiger charge is -2.27. The molecule has 302 valence electrons. The van der Waals surface area contributed by atoms with Gasteiger partial charge in [-0.2, -0.15) is 0 Å². The lowest BCUT2D eigenvalue weighted by molar-refractivity contribution is 0.535. The molecule has 6 nitrogen and oxygen atoms in total. The first-order valence-corrected chi connectivity index (χ1v) is 21.6. The van der Waals surface area contributed by atoms with Gasteiger partial charge < -0.3 is 18.6 Å². The minimum absolute atomic E-state index is 0.582. The number of rotatable bonds is 18. The number of anilines is 2. The molecule has 5 aromatic carbocycles. The van der Waals surface area contributed by atoms with E-state index in [1.165, 1.54) is 59.3 Å². The lowest BCUT2D eigenvalue weighted by Crippen LogP contribution is -2.27. The van der Waals surface area contributed by atoms with Gasteiger partial charge in [0.1, 0.15) is 11.0 Å². The van der Waals surface area contributed by atoms with E-state index in [1.807, 2.05) is 12.1 Å². The van der Waals surface area contributed by atoms with E-state index in [-0.39, 0.29) is 0 Å². The SMILES string of the molecule is CC(C)CCN(CCC(C)C)c1ccc(-c2ccc(-c3nc4cc5nc(-c6ccc(-c7ccc(N(CCC(C)C)CCC(C)C)cc7)cc6)oc5cc4o3)cc2)cc1. The molecule has 58 heavy (non-hydrogen) atoms. The third kappa shape index (κ3) is 10.2. The van der Waals surface area contributed by atoms with Crippen LogP contribution >= 0.6 is 0 Å². The molecule has 0 aliphatic carbocycles. The quantitative estimate of drug-likeness (QED) is 0.0865. The Balaban J connectivity index is 1.02. The Kier molecular flexibility index (Phi) is 13.0. The van der Waals surface area contributed by atoms with E-state index >= 15 is 0 Å². The molecule has 0 spiro atoms. The number of aromatic nitrogens is 2. The van der Waals surface area contributed by atoms with Crippen LogP contribution in [0.4, 0.5) is 11.4 Å². The maximum Gasteiger partial charge on any atom is 0.227 e. The van der Waals surface area contributed by atoms with E-state index in [4.69, 9.17) is 18.8 Å². The summed E-state index contributed by atoms with van der Waals surface area (Å²) in [5.41, 5.74) is 12.0.